The van der Waals surface area contributed by atoms with Gasteiger partial charge in [0.15, 0.2) is 0 Å². The summed E-state index contributed by atoms with van der Waals surface area (Å²) in [6.07, 6.45) is 1.65. The van der Waals surface area contributed by atoms with E-state index in [4.69, 9.17) is 10.2 Å². The van der Waals surface area contributed by atoms with Gasteiger partial charge in [-0.15, -0.1) is 0 Å². The molecule has 0 saturated heterocycles. The van der Waals surface area contributed by atoms with Crippen molar-refractivity contribution in [2.24, 2.45) is 23.7 Å². The lowest BCUT2D eigenvalue weighted by atomic mass is 9.79. The van der Waals surface area contributed by atoms with Crippen LogP contribution in [-0.2, 0) is 9.59 Å². The van der Waals surface area contributed by atoms with Crippen LogP contribution >= 0.6 is 0 Å². The molecule has 0 aromatic rings. The summed E-state index contributed by atoms with van der Waals surface area (Å²) < 4.78 is 0. The van der Waals surface area contributed by atoms with Crippen LogP contribution in [0.1, 0.15) is 26.7 Å². The third-order valence-corrected chi connectivity index (χ3v) is 3.99. The number of hydrogen-bond acceptors (Lipinski definition) is 2. The van der Waals surface area contributed by atoms with Gasteiger partial charge in [0.1, 0.15) is 0 Å². The summed E-state index contributed by atoms with van der Waals surface area (Å²) in [5, 5.41) is 18.3. The highest BCUT2D eigenvalue weighted by atomic mass is 16.4. The van der Waals surface area contributed by atoms with E-state index >= 15 is 0 Å². The molecule has 2 bridgehead atoms. The molecule has 0 aromatic heterocycles. The fourth-order valence-corrected chi connectivity index (χ4v) is 3.58. The number of allylic oxidation sites excluding steroid dienone is 2. The largest absolute Gasteiger partial charge is 0.481 e. The number of aliphatic carboxylic acids is 2. The van der Waals surface area contributed by atoms with Gasteiger partial charge in [0.2, 0.25) is 0 Å². The van der Waals surface area contributed by atoms with Crippen molar-refractivity contribution in [3.8, 4) is 0 Å². The minimum absolute atomic E-state index is 0.0476. The number of carboxylic acid groups (broad SMARTS) is 2. The molecule has 88 valence electrons. The van der Waals surface area contributed by atoms with Crippen LogP contribution in [0.2, 0.25) is 0 Å². The Labute approximate surface area is 94.0 Å². The minimum atomic E-state index is -0.960. The molecule has 0 heterocycles. The number of hydrogen-bond donors (Lipinski definition) is 2. The zero-order valence-corrected chi connectivity index (χ0v) is 9.43. The number of rotatable bonds is 2. The average Bonchev–Trinajstić information content (AvgIpc) is 2.70. The highest BCUT2D eigenvalue weighted by Gasteiger charge is 2.57. The first-order valence-corrected chi connectivity index (χ1v) is 5.58. The molecular weight excluding hydrogens is 208 g/mol. The minimum Gasteiger partial charge on any atom is -0.481 e. The van der Waals surface area contributed by atoms with E-state index in [-0.39, 0.29) is 11.8 Å². The molecule has 0 amide bonds. The van der Waals surface area contributed by atoms with Crippen LogP contribution in [0.15, 0.2) is 11.1 Å². The van der Waals surface area contributed by atoms with Crippen LogP contribution in [0.3, 0.4) is 0 Å². The molecule has 0 radical (unpaired) electrons. The molecule has 4 atom stereocenters. The highest BCUT2D eigenvalue weighted by molar-refractivity contribution is 5.83. The molecule has 0 aliphatic heterocycles. The second kappa shape index (κ2) is 3.61. The number of fused-ring (bicyclic) bond motifs is 2. The van der Waals surface area contributed by atoms with Crippen molar-refractivity contribution in [1.82, 2.24) is 0 Å². The summed E-state index contributed by atoms with van der Waals surface area (Å²) in [6, 6.07) is 0. The van der Waals surface area contributed by atoms with Crippen molar-refractivity contribution in [1.29, 1.82) is 0 Å². The van der Waals surface area contributed by atoms with Crippen LogP contribution in [0.4, 0.5) is 0 Å². The van der Waals surface area contributed by atoms with Gasteiger partial charge in [-0.05, 0) is 38.5 Å². The van der Waals surface area contributed by atoms with Crippen LogP contribution in [0.5, 0.6) is 0 Å². The summed E-state index contributed by atoms with van der Waals surface area (Å²) in [6.45, 7) is 3.90. The maximum Gasteiger partial charge on any atom is 0.308 e. The molecule has 4 heteroatoms. The van der Waals surface area contributed by atoms with Crippen molar-refractivity contribution in [3.63, 3.8) is 0 Å². The Bertz CT molecular complexity index is 348. The van der Waals surface area contributed by atoms with E-state index in [9.17, 15) is 9.59 Å². The monoisotopic (exact) mass is 224 g/mol. The van der Waals surface area contributed by atoms with Crippen LogP contribution in [-0.4, -0.2) is 22.2 Å². The molecular formula is C12H16O4. The van der Waals surface area contributed by atoms with Crippen LogP contribution < -0.4 is 0 Å². The average molecular weight is 224 g/mol. The van der Waals surface area contributed by atoms with Gasteiger partial charge >= 0.3 is 11.9 Å². The lowest BCUT2D eigenvalue weighted by Crippen LogP contribution is -2.34. The molecule has 4 nitrogen and oxygen atoms in total. The second-order valence-corrected chi connectivity index (χ2v) is 4.97. The van der Waals surface area contributed by atoms with Crippen molar-refractivity contribution in [2.75, 3.05) is 0 Å². The van der Waals surface area contributed by atoms with E-state index < -0.39 is 23.8 Å². The first-order valence-electron chi connectivity index (χ1n) is 5.58. The van der Waals surface area contributed by atoms with Crippen LogP contribution in [0.25, 0.3) is 0 Å². The van der Waals surface area contributed by atoms with Gasteiger partial charge < -0.3 is 10.2 Å². The van der Waals surface area contributed by atoms with Crippen LogP contribution in [0, 0.1) is 23.7 Å². The molecule has 0 spiro atoms. The van der Waals surface area contributed by atoms with Gasteiger partial charge in [-0.2, -0.15) is 0 Å². The Morgan fingerprint density at radius 1 is 1.00 bits per heavy atom. The second-order valence-electron chi connectivity index (χ2n) is 4.97. The predicted octanol–water partition coefficient (Wildman–Crippen LogP) is 1.76. The summed E-state index contributed by atoms with van der Waals surface area (Å²) in [4.78, 5) is 22.4. The van der Waals surface area contributed by atoms with E-state index in [1.807, 2.05) is 13.8 Å². The maximum atomic E-state index is 11.2. The Morgan fingerprint density at radius 3 is 1.62 bits per heavy atom. The van der Waals surface area contributed by atoms with Gasteiger partial charge in [0, 0.05) is 0 Å². The number of carboxylic acids is 2. The summed E-state index contributed by atoms with van der Waals surface area (Å²) in [5.74, 6) is -3.46. The van der Waals surface area contributed by atoms with Gasteiger partial charge in [0.25, 0.3) is 0 Å². The fraction of sp³-hybridized carbons (Fsp3) is 0.667. The molecule has 2 saturated carbocycles. The Hall–Kier alpha value is -1.32. The standard InChI is InChI=1S/C12H16O4/c1-5(2)8-6-3-4-7(8)10(12(15)16)9(6)11(13)14/h6-7,9-10H,3-4H2,1-2H3,(H,13,14)(H,15,16)/t6-,7+,9-,10-/m0/s1. The SMILES string of the molecule is CC(C)=C1[C@H]2CC[C@@H]1[C@H](C(=O)O)[C@H]2C(=O)O. The molecule has 2 fully saturated rings. The lowest BCUT2D eigenvalue weighted by molar-refractivity contribution is -0.156. The van der Waals surface area contributed by atoms with Gasteiger partial charge in [-0.1, -0.05) is 11.1 Å². The zero-order chi connectivity index (χ0) is 12.0. The normalized spacial score (nSPS) is 36.5. The summed E-state index contributed by atoms with van der Waals surface area (Å²) >= 11 is 0. The van der Waals surface area contributed by atoms with Gasteiger partial charge in [-0.25, -0.2) is 0 Å². The molecule has 2 rings (SSSR count). The highest BCUT2D eigenvalue weighted by Crippen LogP contribution is 2.56. The Morgan fingerprint density at radius 2 is 1.38 bits per heavy atom. The molecule has 16 heavy (non-hydrogen) atoms. The molecule has 2 N–H and O–H groups in total. The van der Waals surface area contributed by atoms with Crippen molar-refractivity contribution in [3.05, 3.63) is 11.1 Å². The van der Waals surface area contributed by atoms with Crippen molar-refractivity contribution in [2.45, 2.75) is 26.7 Å². The maximum absolute atomic E-state index is 11.2. The summed E-state index contributed by atoms with van der Waals surface area (Å²) in [5.41, 5.74) is 2.20. The van der Waals surface area contributed by atoms with Gasteiger partial charge in [0.05, 0.1) is 11.8 Å². The van der Waals surface area contributed by atoms with Crippen molar-refractivity contribution >= 4 is 11.9 Å². The first kappa shape index (κ1) is 11.2. The van der Waals surface area contributed by atoms with E-state index in [0.29, 0.717) is 0 Å². The Kier molecular flexibility index (Phi) is 2.52. The third kappa shape index (κ3) is 1.36. The zero-order valence-electron chi connectivity index (χ0n) is 9.43. The van der Waals surface area contributed by atoms with E-state index in [1.54, 1.807) is 0 Å². The van der Waals surface area contributed by atoms with E-state index in [2.05, 4.69) is 0 Å². The Balaban J connectivity index is 2.46. The first-order chi connectivity index (χ1) is 7.45. The van der Waals surface area contributed by atoms with E-state index in [1.165, 1.54) is 0 Å². The lowest BCUT2D eigenvalue weighted by Gasteiger charge is -2.23. The van der Waals surface area contributed by atoms with E-state index in [0.717, 1.165) is 24.0 Å². The molecule has 2 aliphatic rings. The fourth-order valence-electron chi connectivity index (χ4n) is 3.58. The number of carbonyl (C=O) groups is 2. The topological polar surface area (TPSA) is 74.6 Å². The predicted molar refractivity (Wildman–Crippen MR) is 56.8 cm³/mol. The van der Waals surface area contributed by atoms with Crippen molar-refractivity contribution < 1.29 is 19.8 Å². The molecule has 2 aliphatic carbocycles. The van der Waals surface area contributed by atoms with Gasteiger partial charge in [-0.3, -0.25) is 9.59 Å². The molecule has 0 aromatic carbocycles. The quantitative estimate of drug-likeness (QED) is 0.701. The third-order valence-electron chi connectivity index (χ3n) is 3.99. The smallest absolute Gasteiger partial charge is 0.308 e. The molecule has 0 unspecified atom stereocenters. The summed E-state index contributed by atoms with van der Waals surface area (Å²) in [7, 11) is 0.